The standard InChI is InChI=1S/C34H31NO6/c1-17-10-11-24(21-9-5-6-19(13-21)12-18(2)20-7-3-4-8-20)25-15-22-14-23-16-26(36)29(33(35)40)32(39)34(23,41)31(38)28(22)30(37)27(17)25/h3-7,9-11,13,22-23,37,39,41H,2,8,12,14-16H2,1H3,(H2,35,40)/t22-,23+,34+/m0/s1. The van der Waals surface area contributed by atoms with Gasteiger partial charge in [-0.1, -0.05) is 61.2 Å². The van der Waals surface area contributed by atoms with Crippen LogP contribution in [0.4, 0.5) is 0 Å². The molecule has 7 heteroatoms. The van der Waals surface area contributed by atoms with Crippen LogP contribution in [0.3, 0.4) is 0 Å². The lowest BCUT2D eigenvalue weighted by Crippen LogP contribution is -2.58. The van der Waals surface area contributed by atoms with Crippen LogP contribution < -0.4 is 5.73 Å². The summed E-state index contributed by atoms with van der Waals surface area (Å²) in [5, 5.41) is 33.8. The second-order valence-electron chi connectivity index (χ2n) is 11.5. The van der Waals surface area contributed by atoms with Crippen LogP contribution in [0.1, 0.15) is 41.5 Å². The molecule has 0 spiro atoms. The van der Waals surface area contributed by atoms with E-state index in [9.17, 15) is 29.7 Å². The van der Waals surface area contributed by atoms with Crippen molar-refractivity contribution in [3.63, 3.8) is 0 Å². The summed E-state index contributed by atoms with van der Waals surface area (Å²) in [4.78, 5) is 38.3. The molecule has 0 heterocycles. The van der Waals surface area contributed by atoms with Crippen molar-refractivity contribution in [2.45, 2.75) is 44.6 Å². The molecule has 6 rings (SSSR count). The van der Waals surface area contributed by atoms with E-state index in [0.29, 0.717) is 18.4 Å². The Balaban J connectivity index is 1.43. The van der Waals surface area contributed by atoms with Gasteiger partial charge in [-0.15, -0.1) is 0 Å². The highest BCUT2D eigenvalue weighted by atomic mass is 16.3. The van der Waals surface area contributed by atoms with Crippen LogP contribution in [0.2, 0.25) is 0 Å². The summed E-state index contributed by atoms with van der Waals surface area (Å²) < 4.78 is 0. The number of benzene rings is 2. The zero-order chi connectivity index (χ0) is 29.2. The highest BCUT2D eigenvalue weighted by Crippen LogP contribution is 2.52. The Morgan fingerprint density at radius 3 is 2.63 bits per heavy atom. The summed E-state index contributed by atoms with van der Waals surface area (Å²) in [5.41, 5.74) is 9.49. The maximum absolute atomic E-state index is 13.8. The van der Waals surface area contributed by atoms with Crippen molar-refractivity contribution in [1.29, 1.82) is 0 Å². The minimum Gasteiger partial charge on any atom is -0.508 e. The predicted molar refractivity (Wildman–Crippen MR) is 155 cm³/mol. The Kier molecular flexibility index (Phi) is 6.23. The number of rotatable bonds is 5. The van der Waals surface area contributed by atoms with Gasteiger partial charge in [-0.2, -0.15) is 0 Å². The second-order valence-corrected chi connectivity index (χ2v) is 11.5. The molecule has 7 nitrogen and oxygen atoms in total. The van der Waals surface area contributed by atoms with Gasteiger partial charge in [-0.05, 0) is 77.5 Å². The average molecular weight is 550 g/mol. The molecule has 1 fully saturated rings. The number of hydrogen-bond acceptors (Lipinski definition) is 6. The third-order valence-electron chi connectivity index (χ3n) is 9.06. The summed E-state index contributed by atoms with van der Waals surface area (Å²) >= 11 is 0. The molecule has 0 aromatic heterocycles. The predicted octanol–water partition coefficient (Wildman–Crippen LogP) is 4.68. The molecule has 208 valence electrons. The first kappa shape index (κ1) is 26.7. The first-order chi connectivity index (χ1) is 19.5. The number of carbonyl (C=O) groups is 3. The van der Waals surface area contributed by atoms with Crippen molar-refractivity contribution in [3.05, 3.63) is 112 Å². The van der Waals surface area contributed by atoms with Gasteiger partial charge in [-0.3, -0.25) is 14.4 Å². The molecule has 3 atom stereocenters. The molecule has 0 radical (unpaired) electrons. The molecule has 1 amide bonds. The van der Waals surface area contributed by atoms with Crippen LogP contribution in [0.5, 0.6) is 0 Å². The van der Waals surface area contributed by atoms with Gasteiger partial charge in [0.2, 0.25) is 5.78 Å². The van der Waals surface area contributed by atoms with Crippen LogP contribution in [-0.2, 0) is 27.2 Å². The second kappa shape index (κ2) is 9.56. The number of allylic oxidation sites excluding steroid dienone is 5. The molecule has 4 aliphatic rings. The molecule has 0 aliphatic heterocycles. The number of ketones is 2. The normalized spacial score (nSPS) is 25.1. The van der Waals surface area contributed by atoms with Gasteiger partial charge in [0, 0.05) is 23.5 Å². The van der Waals surface area contributed by atoms with Gasteiger partial charge in [0.05, 0.1) is 0 Å². The number of Topliss-reactive ketones (excluding diaryl/α,β-unsaturated/α-hetero) is 2. The van der Waals surface area contributed by atoms with Gasteiger partial charge in [0.1, 0.15) is 17.1 Å². The molecular weight excluding hydrogens is 518 g/mol. The summed E-state index contributed by atoms with van der Waals surface area (Å²) in [6.07, 6.45) is 8.10. The number of aliphatic hydroxyl groups excluding tert-OH is 2. The van der Waals surface area contributed by atoms with Crippen LogP contribution >= 0.6 is 0 Å². The Hall–Kier alpha value is -4.49. The fourth-order valence-electron chi connectivity index (χ4n) is 7.01. The minimum absolute atomic E-state index is 0.00437. The maximum atomic E-state index is 13.8. The van der Waals surface area contributed by atoms with E-state index >= 15 is 0 Å². The van der Waals surface area contributed by atoms with Crippen LogP contribution in [-0.4, -0.2) is 38.4 Å². The van der Waals surface area contributed by atoms with E-state index in [2.05, 4.69) is 30.9 Å². The lowest BCUT2D eigenvalue weighted by Gasteiger charge is -2.46. The molecule has 2 aromatic rings. The fraction of sp³-hybridized carbons (Fsp3) is 0.265. The smallest absolute Gasteiger partial charge is 0.255 e. The van der Waals surface area contributed by atoms with Crippen molar-refractivity contribution in [2.24, 2.45) is 17.6 Å². The van der Waals surface area contributed by atoms with Crippen molar-refractivity contribution in [2.75, 3.05) is 0 Å². The van der Waals surface area contributed by atoms with E-state index in [0.717, 1.165) is 39.8 Å². The van der Waals surface area contributed by atoms with E-state index in [1.165, 1.54) is 5.57 Å². The highest BCUT2D eigenvalue weighted by molar-refractivity contribution is 6.22. The van der Waals surface area contributed by atoms with E-state index < -0.39 is 46.2 Å². The average Bonchev–Trinajstić information content (AvgIpc) is 3.46. The Morgan fingerprint density at radius 1 is 1.15 bits per heavy atom. The van der Waals surface area contributed by atoms with Gasteiger partial charge in [0.25, 0.3) is 5.91 Å². The number of amides is 1. The number of fused-ring (bicyclic) bond motifs is 3. The Morgan fingerprint density at radius 2 is 1.93 bits per heavy atom. The van der Waals surface area contributed by atoms with Gasteiger partial charge in [-0.25, -0.2) is 0 Å². The molecule has 1 saturated carbocycles. The van der Waals surface area contributed by atoms with E-state index in [1.54, 1.807) is 0 Å². The quantitative estimate of drug-likeness (QED) is 0.400. The van der Waals surface area contributed by atoms with Gasteiger partial charge in [0.15, 0.2) is 11.4 Å². The fourth-order valence-corrected chi connectivity index (χ4v) is 7.01. The third-order valence-corrected chi connectivity index (χ3v) is 9.06. The first-order valence-corrected chi connectivity index (χ1v) is 13.7. The van der Waals surface area contributed by atoms with Crippen molar-refractivity contribution in [1.82, 2.24) is 0 Å². The zero-order valence-corrected chi connectivity index (χ0v) is 22.7. The number of nitrogens with two attached hydrogens (primary N) is 1. The van der Waals surface area contributed by atoms with Crippen molar-refractivity contribution < 1.29 is 29.7 Å². The first-order valence-electron chi connectivity index (χ1n) is 13.7. The molecule has 0 unspecified atom stereocenters. The van der Waals surface area contributed by atoms with E-state index in [1.807, 2.05) is 37.3 Å². The Labute approximate surface area is 237 Å². The number of carbonyl (C=O) groups excluding carboxylic acids is 3. The zero-order valence-electron chi connectivity index (χ0n) is 22.7. The Bertz CT molecular complexity index is 1700. The molecular formula is C34H31NO6. The molecule has 0 bridgehead atoms. The maximum Gasteiger partial charge on any atom is 0.255 e. The molecule has 2 aromatic carbocycles. The monoisotopic (exact) mass is 549 g/mol. The number of primary amides is 1. The number of aryl methyl sites for hydroxylation is 1. The lowest BCUT2D eigenvalue weighted by atomic mass is 9.59. The highest BCUT2D eigenvalue weighted by Gasteiger charge is 2.60. The summed E-state index contributed by atoms with van der Waals surface area (Å²) in [7, 11) is 0. The molecule has 41 heavy (non-hydrogen) atoms. The van der Waals surface area contributed by atoms with Gasteiger partial charge < -0.3 is 21.1 Å². The van der Waals surface area contributed by atoms with Crippen LogP contribution in [0.25, 0.3) is 16.9 Å². The topological polar surface area (TPSA) is 138 Å². The molecule has 0 saturated heterocycles. The third kappa shape index (κ3) is 4.03. The van der Waals surface area contributed by atoms with Crippen molar-refractivity contribution >= 4 is 23.2 Å². The summed E-state index contributed by atoms with van der Waals surface area (Å²) in [5.74, 6) is -5.51. The van der Waals surface area contributed by atoms with E-state index in [-0.39, 0.29) is 24.2 Å². The number of aliphatic hydroxyl groups is 3. The molecule has 4 aliphatic carbocycles. The van der Waals surface area contributed by atoms with E-state index in [4.69, 9.17) is 5.73 Å². The van der Waals surface area contributed by atoms with Crippen LogP contribution in [0.15, 0.2) is 89.3 Å². The lowest BCUT2D eigenvalue weighted by molar-refractivity contribution is -0.147. The number of hydrogen-bond donors (Lipinski definition) is 4. The molecule has 5 N–H and O–H groups in total. The summed E-state index contributed by atoms with van der Waals surface area (Å²) in [6.45, 7) is 6.11. The summed E-state index contributed by atoms with van der Waals surface area (Å²) in [6, 6.07) is 12.1. The minimum atomic E-state index is -2.50. The largest absolute Gasteiger partial charge is 0.508 e. The SMILES string of the molecule is C=C(Cc1cccc(-c2ccc(C)c3c2C[C@@H]2C[C@@H]4CC(=O)C(C(N)=O)=C(O)[C@]4(O)C(=O)C2=C3O)c1)C1=CC=CC1. The van der Waals surface area contributed by atoms with Crippen molar-refractivity contribution in [3.8, 4) is 11.1 Å². The van der Waals surface area contributed by atoms with Crippen LogP contribution in [0, 0.1) is 18.8 Å². The van der Waals surface area contributed by atoms with Gasteiger partial charge >= 0.3 is 0 Å².